The van der Waals surface area contributed by atoms with Crippen LogP contribution in [0.3, 0.4) is 0 Å². The first-order valence-electron chi connectivity index (χ1n) is 13.1. The van der Waals surface area contributed by atoms with E-state index in [1.165, 1.54) is 16.9 Å². The Morgan fingerprint density at radius 3 is 2.32 bits per heavy atom. The maximum absolute atomic E-state index is 13.6. The minimum atomic E-state index is -1.04. The Balaban J connectivity index is 1.61. The van der Waals surface area contributed by atoms with E-state index in [9.17, 15) is 14.7 Å². The maximum atomic E-state index is 13.6. The van der Waals surface area contributed by atoms with Crippen LogP contribution in [0.1, 0.15) is 67.3 Å². The van der Waals surface area contributed by atoms with Crippen molar-refractivity contribution in [2.75, 3.05) is 10.2 Å². The molecule has 0 atom stereocenters. The molecule has 2 N–H and O–H groups in total. The van der Waals surface area contributed by atoms with Crippen molar-refractivity contribution in [2.45, 2.75) is 59.4 Å². The Bertz CT molecular complexity index is 1340. The Labute approximate surface area is 234 Å². The molecule has 7 heteroatoms. The van der Waals surface area contributed by atoms with Gasteiger partial charge in [0.1, 0.15) is 4.88 Å². The molecule has 2 aromatic carbocycles. The van der Waals surface area contributed by atoms with Crippen molar-refractivity contribution < 1.29 is 14.7 Å². The highest BCUT2D eigenvalue weighted by Crippen LogP contribution is 2.41. The molecule has 1 fully saturated rings. The van der Waals surface area contributed by atoms with Gasteiger partial charge in [0.25, 0.3) is 0 Å². The highest BCUT2D eigenvalue weighted by atomic mass is 35.5. The molecule has 0 unspecified atom stereocenters. The van der Waals surface area contributed by atoms with Crippen molar-refractivity contribution in [3.63, 3.8) is 0 Å². The van der Waals surface area contributed by atoms with Crippen molar-refractivity contribution in [2.24, 2.45) is 11.8 Å². The lowest BCUT2D eigenvalue weighted by atomic mass is 9.82. The standard InChI is InChI=1S/C31H35ClN2O3S/c1-18(2)34(30(35)23-12-8-20(4)9-13-23)27-17-28(38-29(27)31(36)37)24-14-15-26(25(32)16-24)33-21(5)22-10-6-19(3)7-11-22/h6-7,10-11,14-18,20,23,33H,5,8-9,12-13H2,1-4H3,(H,36,37). The molecule has 3 aromatic rings. The largest absolute Gasteiger partial charge is 0.477 e. The molecule has 5 nitrogen and oxygen atoms in total. The summed E-state index contributed by atoms with van der Waals surface area (Å²) in [4.78, 5) is 28.5. The van der Waals surface area contributed by atoms with Gasteiger partial charge in [-0.1, -0.05) is 61.0 Å². The molecule has 0 saturated heterocycles. The van der Waals surface area contributed by atoms with Gasteiger partial charge in [0.2, 0.25) is 5.91 Å². The van der Waals surface area contributed by atoms with Crippen LogP contribution in [-0.2, 0) is 4.79 Å². The maximum Gasteiger partial charge on any atom is 0.348 e. The fourth-order valence-electron chi connectivity index (χ4n) is 4.97. The predicted octanol–water partition coefficient (Wildman–Crippen LogP) is 8.73. The van der Waals surface area contributed by atoms with Crippen LogP contribution in [0.2, 0.25) is 5.02 Å². The molecule has 1 heterocycles. The zero-order valence-corrected chi connectivity index (χ0v) is 24.0. The number of nitrogens with one attached hydrogen (secondary N) is 1. The number of hydrogen-bond donors (Lipinski definition) is 2. The Kier molecular flexibility index (Phi) is 8.64. The summed E-state index contributed by atoms with van der Waals surface area (Å²) in [6.07, 6.45) is 3.75. The number of carboxylic acid groups (broad SMARTS) is 1. The van der Waals surface area contributed by atoms with E-state index in [4.69, 9.17) is 11.6 Å². The first-order valence-corrected chi connectivity index (χ1v) is 14.3. The Hall–Kier alpha value is -3.09. The van der Waals surface area contributed by atoms with Crippen molar-refractivity contribution in [3.8, 4) is 10.4 Å². The minimum Gasteiger partial charge on any atom is -0.477 e. The number of carbonyl (C=O) groups is 2. The Morgan fingerprint density at radius 2 is 1.74 bits per heavy atom. The van der Waals surface area contributed by atoms with Gasteiger partial charge in [-0.3, -0.25) is 4.79 Å². The number of aromatic carboxylic acids is 1. The fraction of sp³-hybridized carbons (Fsp3) is 0.355. The second-order valence-electron chi connectivity index (χ2n) is 10.6. The first kappa shape index (κ1) is 27.9. The second kappa shape index (κ2) is 11.7. The lowest BCUT2D eigenvalue weighted by Crippen LogP contribution is -2.42. The number of amides is 1. The summed E-state index contributed by atoms with van der Waals surface area (Å²) in [5.74, 6) is -0.457. The van der Waals surface area contributed by atoms with Gasteiger partial charge >= 0.3 is 5.97 Å². The second-order valence-corrected chi connectivity index (χ2v) is 12.0. The molecule has 0 aliphatic heterocycles. The predicted molar refractivity (Wildman–Crippen MR) is 159 cm³/mol. The number of benzene rings is 2. The molecule has 1 saturated carbocycles. The molecular weight excluding hydrogens is 516 g/mol. The number of carboxylic acids is 1. The molecule has 1 aromatic heterocycles. The van der Waals surface area contributed by atoms with Crippen LogP contribution >= 0.6 is 22.9 Å². The molecule has 1 aliphatic rings. The van der Waals surface area contributed by atoms with Crippen LogP contribution in [-0.4, -0.2) is 23.0 Å². The minimum absolute atomic E-state index is 0.0194. The van der Waals surface area contributed by atoms with Gasteiger partial charge < -0.3 is 15.3 Å². The number of rotatable bonds is 8. The number of hydrogen-bond acceptors (Lipinski definition) is 4. The molecule has 200 valence electrons. The van der Waals surface area contributed by atoms with Gasteiger partial charge in [-0.15, -0.1) is 11.3 Å². The molecule has 1 aliphatic carbocycles. The summed E-state index contributed by atoms with van der Waals surface area (Å²) >= 11 is 7.81. The SMILES string of the molecule is C=C(Nc1ccc(-c2cc(N(C(=O)C3CCC(C)CC3)C(C)C)c(C(=O)O)s2)cc1Cl)c1ccc(C)cc1. The number of anilines is 2. The quantitative estimate of drug-likeness (QED) is 0.294. The Morgan fingerprint density at radius 1 is 1.08 bits per heavy atom. The van der Waals surface area contributed by atoms with E-state index in [2.05, 4.69) is 18.8 Å². The lowest BCUT2D eigenvalue weighted by Gasteiger charge is -2.33. The van der Waals surface area contributed by atoms with Crippen molar-refractivity contribution in [3.05, 3.63) is 76.1 Å². The third-order valence-corrected chi connectivity index (χ3v) is 8.70. The topological polar surface area (TPSA) is 69.6 Å². The van der Waals surface area contributed by atoms with Crippen LogP contribution in [0.25, 0.3) is 16.1 Å². The average molecular weight is 551 g/mol. The van der Waals surface area contributed by atoms with E-state index in [1.807, 2.05) is 69.3 Å². The van der Waals surface area contributed by atoms with Gasteiger partial charge in [-0.2, -0.15) is 0 Å². The number of thiophene rings is 1. The first-order chi connectivity index (χ1) is 18.0. The number of nitrogens with zero attached hydrogens (tertiary/aromatic N) is 1. The van der Waals surface area contributed by atoms with Crippen molar-refractivity contribution in [1.82, 2.24) is 0 Å². The molecule has 0 spiro atoms. The van der Waals surface area contributed by atoms with Crippen LogP contribution < -0.4 is 10.2 Å². The van der Waals surface area contributed by atoms with Gasteiger partial charge in [0, 0.05) is 22.5 Å². The number of carbonyl (C=O) groups excluding carboxylic acids is 1. The summed E-state index contributed by atoms with van der Waals surface area (Å²) in [7, 11) is 0. The third-order valence-electron chi connectivity index (χ3n) is 7.22. The smallest absolute Gasteiger partial charge is 0.348 e. The molecule has 0 radical (unpaired) electrons. The fourth-order valence-corrected chi connectivity index (χ4v) is 6.18. The summed E-state index contributed by atoms with van der Waals surface area (Å²) in [6.45, 7) is 12.3. The van der Waals surface area contributed by atoms with Crippen molar-refractivity contribution >= 4 is 51.9 Å². The number of aryl methyl sites for hydroxylation is 1. The molecule has 4 rings (SSSR count). The summed E-state index contributed by atoms with van der Waals surface area (Å²) in [5, 5.41) is 13.8. The van der Waals surface area contributed by atoms with Gasteiger partial charge in [0.15, 0.2) is 0 Å². The van der Waals surface area contributed by atoms with Crippen LogP contribution in [0, 0.1) is 18.8 Å². The number of halogens is 1. The van der Waals surface area contributed by atoms with E-state index >= 15 is 0 Å². The zero-order chi connectivity index (χ0) is 27.6. The van der Waals surface area contributed by atoms with E-state index in [0.29, 0.717) is 22.3 Å². The van der Waals surface area contributed by atoms with E-state index in [-0.39, 0.29) is 22.7 Å². The van der Waals surface area contributed by atoms with E-state index < -0.39 is 5.97 Å². The lowest BCUT2D eigenvalue weighted by molar-refractivity contribution is -0.123. The molecular formula is C31H35ClN2O3S. The third kappa shape index (κ3) is 6.13. The normalized spacial score (nSPS) is 17.3. The monoisotopic (exact) mass is 550 g/mol. The summed E-state index contributed by atoms with van der Waals surface area (Å²) in [6, 6.07) is 15.3. The molecule has 0 bridgehead atoms. The van der Waals surface area contributed by atoms with Gasteiger partial charge in [-0.25, -0.2) is 4.79 Å². The highest BCUT2D eigenvalue weighted by Gasteiger charge is 2.33. The van der Waals surface area contributed by atoms with E-state index in [0.717, 1.165) is 47.4 Å². The van der Waals surface area contributed by atoms with Crippen LogP contribution in [0.5, 0.6) is 0 Å². The van der Waals surface area contributed by atoms with Crippen molar-refractivity contribution in [1.29, 1.82) is 0 Å². The molecule has 1 amide bonds. The summed E-state index contributed by atoms with van der Waals surface area (Å²) < 4.78 is 0. The van der Waals surface area contributed by atoms with Gasteiger partial charge in [0.05, 0.1) is 16.4 Å². The average Bonchev–Trinajstić information content (AvgIpc) is 3.31. The van der Waals surface area contributed by atoms with E-state index in [1.54, 1.807) is 4.90 Å². The van der Waals surface area contributed by atoms with Crippen LogP contribution in [0.4, 0.5) is 11.4 Å². The molecule has 38 heavy (non-hydrogen) atoms. The van der Waals surface area contributed by atoms with Crippen LogP contribution in [0.15, 0.2) is 55.1 Å². The highest BCUT2D eigenvalue weighted by molar-refractivity contribution is 7.18. The van der Waals surface area contributed by atoms with Gasteiger partial charge in [-0.05, 0) is 81.7 Å². The zero-order valence-electron chi connectivity index (χ0n) is 22.4. The summed E-state index contributed by atoms with van der Waals surface area (Å²) in [5.41, 5.74) is 4.84.